The summed E-state index contributed by atoms with van der Waals surface area (Å²) in [5.74, 6) is 0.442. The molecule has 92 valence electrons. The molecular formula is C15H10N2O2. The smallest absolute Gasteiger partial charge is 0.193 e. The molecule has 1 aliphatic heterocycles. The largest absolute Gasteiger partial charge is 0.456 e. The minimum absolute atomic E-state index is 0.101. The number of fused-ring (bicyclic) bond motifs is 1. The zero-order valence-electron chi connectivity index (χ0n) is 10.0. The van der Waals surface area contributed by atoms with Crippen LogP contribution >= 0.6 is 0 Å². The molecular weight excluding hydrogens is 240 g/mol. The van der Waals surface area contributed by atoms with Gasteiger partial charge in [0.1, 0.15) is 23.1 Å². The Morgan fingerprint density at radius 1 is 1.32 bits per heavy atom. The molecule has 2 heterocycles. The number of hydrogen-bond donors (Lipinski definition) is 1. The van der Waals surface area contributed by atoms with Crippen LogP contribution in [0.15, 0.2) is 57.5 Å². The van der Waals surface area contributed by atoms with Crippen LogP contribution in [0.4, 0.5) is 0 Å². The normalized spacial score (nSPS) is 14.3. The lowest BCUT2D eigenvalue weighted by Gasteiger charge is -2.12. The summed E-state index contributed by atoms with van der Waals surface area (Å²) in [6, 6.07) is 10.6. The molecule has 0 saturated heterocycles. The van der Waals surface area contributed by atoms with Crippen molar-refractivity contribution in [2.24, 2.45) is 0 Å². The van der Waals surface area contributed by atoms with Crippen LogP contribution in [-0.2, 0) is 0 Å². The molecule has 1 aromatic heterocycles. The van der Waals surface area contributed by atoms with E-state index in [2.05, 4.69) is 11.4 Å². The van der Waals surface area contributed by atoms with Crippen LogP contribution in [0.25, 0.3) is 16.5 Å². The predicted octanol–water partition coefficient (Wildman–Crippen LogP) is 2.53. The number of hydrogen-bond acceptors (Lipinski definition) is 4. The van der Waals surface area contributed by atoms with E-state index in [-0.39, 0.29) is 5.43 Å². The van der Waals surface area contributed by atoms with E-state index in [1.165, 1.54) is 6.07 Å². The van der Waals surface area contributed by atoms with E-state index >= 15 is 0 Å². The Hall–Kier alpha value is -2.80. The highest BCUT2D eigenvalue weighted by Gasteiger charge is 2.14. The van der Waals surface area contributed by atoms with Gasteiger partial charge >= 0.3 is 0 Å². The lowest BCUT2D eigenvalue weighted by Crippen LogP contribution is -2.11. The molecule has 1 aromatic carbocycles. The third kappa shape index (κ3) is 1.91. The summed E-state index contributed by atoms with van der Waals surface area (Å²) < 4.78 is 5.73. The molecule has 0 fully saturated rings. The van der Waals surface area contributed by atoms with Crippen LogP contribution in [0.1, 0.15) is 12.2 Å². The van der Waals surface area contributed by atoms with Crippen molar-refractivity contribution in [3.8, 4) is 6.07 Å². The van der Waals surface area contributed by atoms with Gasteiger partial charge in [0.2, 0.25) is 0 Å². The van der Waals surface area contributed by atoms with Gasteiger partial charge in [0.25, 0.3) is 0 Å². The van der Waals surface area contributed by atoms with Crippen molar-refractivity contribution < 1.29 is 4.42 Å². The maximum absolute atomic E-state index is 12.0. The minimum atomic E-state index is -0.101. The van der Waals surface area contributed by atoms with Crippen molar-refractivity contribution >= 4 is 16.5 Å². The maximum Gasteiger partial charge on any atom is 0.193 e. The average molecular weight is 250 g/mol. The van der Waals surface area contributed by atoms with E-state index < -0.39 is 0 Å². The molecule has 0 unspecified atom stereocenters. The second kappa shape index (κ2) is 4.46. The van der Waals surface area contributed by atoms with E-state index in [1.54, 1.807) is 24.4 Å². The van der Waals surface area contributed by atoms with E-state index in [1.807, 2.05) is 12.1 Å². The molecule has 19 heavy (non-hydrogen) atoms. The molecule has 2 aromatic rings. The van der Waals surface area contributed by atoms with Gasteiger partial charge in [-0.2, -0.15) is 5.26 Å². The van der Waals surface area contributed by atoms with Gasteiger partial charge in [-0.15, -0.1) is 0 Å². The summed E-state index contributed by atoms with van der Waals surface area (Å²) in [5.41, 5.74) is 1.55. The van der Waals surface area contributed by atoms with Gasteiger partial charge in [-0.1, -0.05) is 18.2 Å². The molecule has 4 heteroatoms. The number of nitriles is 1. The van der Waals surface area contributed by atoms with Crippen molar-refractivity contribution in [2.45, 2.75) is 6.42 Å². The summed E-state index contributed by atoms with van der Waals surface area (Å²) in [4.78, 5) is 12.0. The van der Waals surface area contributed by atoms with Crippen LogP contribution in [0.5, 0.6) is 0 Å². The molecule has 0 saturated carbocycles. The Labute approximate surface area is 109 Å². The molecule has 0 radical (unpaired) electrons. The van der Waals surface area contributed by atoms with E-state index in [4.69, 9.17) is 9.68 Å². The number of benzene rings is 1. The number of dihydropyridines is 1. The number of allylic oxidation sites excluding steroid dienone is 3. The van der Waals surface area contributed by atoms with E-state index in [9.17, 15) is 4.79 Å². The van der Waals surface area contributed by atoms with Gasteiger partial charge in [0, 0.05) is 11.6 Å². The van der Waals surface area contributed by atoms with Gasteiger partial charge in [-0.05, 0) is 24.8 Å². The zero-order chi connectivity index (χ0) is 13.2. The summed E-state index contributed by atoms with van der Waals surface area (Å²) in [5, 5.41) is 12.5. The topological polar surface area (TPSA) is 66.0 Å². The third-order valence-corrected chi connectivity index (χ3v) is 3.01. The summed E-state index contributed by atoms with van der Waals surface area (Å²) in [6.07, 6.45) is 4.16. The number of rotatable bonds is 1. The SMILES string of the molecule is N#CC1=C(c2cc(=O)c3ccccc3o2)CC=CN1. The molecule has 0 spiro atoms. The standard InChI is InChI=1S/C15H10N2O2/c16-9-12-10(5-3-7-17-12)15-8-13(18)11-4-1-2-6-14(11)19-15/h1-4,6-8,17H,5H2. The summed E-state index contributed by atoms with van der Waals surface area (Å²) >= 11 is 0. The van der Waals surface area contributed by atoms with Crippen LogP contribution in [0, 0.1) is 11.3 Å². The molecule has 3 rings (SSSR count). The number of para-hydroxylation sites is 1. The van der Waals surface area contributed by atoms with Gasteiger partial charge < -0.3 is 9.73 Å². The minimum Gasteiger partial charge on any atom is -0.456 e. The van der Waals surface area contributed by atoms with Crippen LogP contribution in [0.3, 0.4) is 0 Å². The fraction of sp³-hybridized carbons (Fsp3) is 0.0667. The van der Waals surface area contributed by atoms with E-state index in [0.29, 0.717) is 34.4 Å². The second-order valence-electron chi connectivity index (χ2n) is 4.19. The maximum atomic E-state index is 12.0. The molecule has 1 aliphatic rings. The molecule has 0 amide bonds. The zero-order valence-corrected chi connectivity index (χ0v) is 10.0. The monoisotopic (exact) mass is 250 g/mol. The highest BCUT2D eigenvalue weighted by atomic mass is 16.3. The quantitative estimate of drug-likeness (QED) is 0.844. The number of nitrogens with zero attached hydrogens (tertiary/aromatic N) is 1. The van der Waals surface area contributed by atoms with Gasteiger partial charge in [-0.3, -0.25) is 4.79 Å². The Morgan fingerprint density at radius 2 is 2.16 bits per heavy atom. The van der Waals surface area contributed by atoms with Crippen molar-refractivity contribution in [1.82, 2.24) is 5.32 Å². The molecule has 0 atom stereocenters. The molecule has 4 nitrogen and oxygen atoms in total. The fourth-order valence-electron chi connectivity index (χ4n) is 2.08. The lowest BCUT2D eigenvalue weighted by atomic mass is 10.0. The molecule has 1 N–H and O–H groups in total. The Morgan fingerprint density at radius 3 is 3.00 bits per heavy atom. The Kier molecular flexibility index (Phi) is 2.66. The van der Waals surface area contributed by atoms with Crippen molar-refractivity contribution in [3.05, 3.63) is 64.3 Å². The highest BCUT2D eigenvalue weighted by Crippen LogP contribution is 2.25. The Bertz CT molecular complexity index is 807. The predicted molar refractivity (Wildman–Crippen MR) is 71.9 cm³/mol. The Balaban J connectivity index is 2.24. The van der Waals surface area contributed by atoms with Crippen LogP contribution in [0.2, 0.25) is 0 Å². The van der Waals surface area contributed by atoms with Gasteiger partial charge in [0.15, 0.2) is 5.43 Å². The summed E-state index contributed by atoms with van der Waals surface area (Å²) in [6.45, 7) is 0. The first-order valence-electron chi connectivity index (χ1n) is 5.87. The average Bonchev–Trinajstić information content (AvgIpc) is 2.47. The lowest BCUT2D eigenvalue weighted by molar-refractivity contribution is 0.583. The number of nitrogens with one attached hydrogen (secondary N) is 1. The molecule has 0 aliphatic carbocycles. The van der Waals surface area contributed by atoms with Gasteiger partial charge in [-0.25, -0.2) is 0 Å². The van der Waals surface area contributed by atoms with Crippen LogP contribution in [-0.4, -0.2) is 0 Å². The highest BCUT2D eigenvalue weighted by molar-refractivity contribution is 5.79. The van der Waals surface area contributed by atoms with Crippen molar-refractivity contribution in [3.63, 3.8) is 0 Å². The first-order valence-corrected chi connectivity index (χ1v) is 5.87. The van der Waals surface area contributed by atoms with E-state index in [0.717, 1.165) is 0 Å². The first kappa shape index (κ1) is 11.3. The third-order valence-electron chi connectivity index (χ3n) is 3.01. The van der Waals surface area contributed by atoms with Crippen LogP contribution < -0.4 is 10.7 Å². The van der Waals surface area contributed by atoms with Gasteiger partial charge in [0.05, 0.1) is 5.39 Å². The fourth-order valence-corrected chi connectivity index (χ4v) is 2.08. The first-order chi connectivity index (χ1) is 9.29. The summed E-state index contributed by atoms with van der Waals surface area (Å²) in [7, 11) is 0. The second-order valence-corrected chi connectivity index (χ2v) is 4.19. The molecule has 0 bridgehead atoms. The van der Waals surface area contributed by atoms with Crippen molar-refractivity contribution in [2.75, 3.05) is 0 Å². The van der Waals surface area contributed by atoms with Crippen molar-refractivity contribution in [1.29, 1.82) is 5.26 Å².